The van der Waals surface area contributed by atoms with E-state index in [4.69, 9.17) is 5.84 Å². The van der Waals surface area contributed by atoms with Crippen LogP contribution in [0.1, 0.15) is 44.7 Å². The summed E-state index contributed by atoms with van der Waals surface area (Å²) >= 11 is 3.38. The van der Waals surface area contributed by atoms with E-state index in [1.165, 1.54) is 6.07 Å². The highest BCUT2D eigenvalue weighted by Crippen LogP contribution is 2.30. The standard InChI is InChI=1S/C13H20BrFN2/c1-3-5-9(2)8-12(17-16)13-10(14)6-4-7-11(13)15/h4,6-7,9,12,17H,3,5,8,16H2,1-2H3. The number of hydrogen-bond donors (Lipinski definition) is 2. The van der Waals surface area contributed by atoms with Gasteiger partial charge < -0.3 is 0 Å². The van der Waals surface area contributed by atoms with Crippen molar-refractivity contribution in [1.29, 1.82) is 0 Å². The summed E-state index contributed by atoms with van der Waals surface area (Å²) in [7, 11) is 0. The summed E-state index contributed by atoms with van der Waals surface area (Å²) < 4.78 is 14.6. The van der Waals surface area contributed by atoms with E-state index in [1.807, 2.05) is 6.07 Å². The Bertz CT molecular complexity index is 337. The molecule has 0 saturated carbocycles. The lowest BCUT2D eigenvalue weighted by Crippen LogP contribution is -2.30. The Balaban J connectivity index is 2.86. The molecule has 0 bridgehead atoms. The number of hydrogen-bond acceptors (Lipinski definition) is 2. The van der Waals surface area contributed by atoms with E-state index < -0.39 is 0 Å². The van der Waals surface area contributed by atoms with E-state index in [0.717, 1.165) is 23.7 Å². The third-order valence-corrected chi connectivity index (χ3v) is 3.66. The lowest BCUT2D eigenvalue weighted by atomic mass is 9.93. The average Bonchev–Trinajstić information content (AvgIpc) is 2.27. The summed E-state index contributed by atoms with van der Waals surface area (Å²) in [4.78, 5) is 0. The summed E-state index contributed by atoms with van der Waals surface area (Å²) in [6.45, 7) is 4.32. The predicted molar refractivity (Wildman–Crippen MR) is 72.9 cm³/mol. The molecule has 2 nitrogen and oxygen atoms in total. The van der Waals surface area contributed by atoms with Gasteiger partial charge in [-0.3, -0.25) is 11.3 Å². The van der Waals surface area contributed by atoms with Gasteiger partial charge in [0.1, 0.15) is 5.82 Å². The topological polar surface area (TPSA) is 38.0 Å². The molecule has 17 heavy (non-hydrogen) atoms. The van der Waals surface area contributed by atoms with E-state index >= 15 is 0 Å². The smallest absolute Gasteiger partial charge is 0.129 e. The van der Waals surface area contributed by atoms with Gasteiger partial charge in [0.2, 0.25) is 0 Å². The van der Waals surface area contributed by atoms with Gasteiger partial charge in [-0.1, -0.05) is 48.7 Å². The largest absolute Gasteiger partial charge is 0.271 e. The number of hydrazine groups is 1. The summed E-state index contributed by atoms with van der Waals surface area (Å²) in [6.07, 6.45) is 3.10. The highest BCUT2D eigenvalue weighted by Gasteiger charge is 2.19. The third-order valence-electron chi connectivity index (χ3n) is 2.97. The molecule has 0 amide bonds. The summed E-state index contributed by atoms with van der Waals surface area (Å²) in [5, 5.41) is 0. The first-order valence-electron chi connectivity index (χ1n) is 6.00. The SMILES string of the molecule is CCCC(C)CC(NN)c1c(F)cccc1Br. The molecule has 0 radical (unpaired) electrons. The summed E-state index contributed by atoms with van der Waals surface area (Å²) in [5.41, 5.74) is 3.34. The maximum Gasteiger partial charge on any atom is 0.129 e. The maximum atomic E-state index is 13.8. The van der Waals surface area contributed by atoms with Crippen molar-refractivity contribution in [2.75, 3.05) is 0 Å². The molecule has 2 atom stereocenters. The molecule has 2 unspecified atom stereocenters. The van der Waals surface area contributed by atoms with Gasteiger partial charge in [0.25, 0.3) is 0 Å². The fraction of sp³-hybridized carbons (Fsp3) is 0.538. The number of nitrogens with one attached hydrogen (secondary N) is 1. The van der Waals surface area contributed by atoms with Crippen molar-refractivity contribution in [2.45, 2.75) is 39.2 Å². The Labute approximate surface area is 111 Å². The second-order valence-corrected chi connectivity index (χ2v) is 5.34. The molecule has 96 valence electrons. The third kappa shape index (κ3) is 4.05. The van der Waals surface area contributed by atoms with Gasteiger partial charge in [-0.05, 0) is 24.5 Å². The van der Waals surface area contributed by atoms with Crippen LogP contribution in [-0.4, -0.2) is 0 Å². The van der Waals surface area contributed by atoms with Crippen LogP contribution in [-0.2, 0) is 0 Å². The second-order valence-electron chi connectivity index (χ2n) is 4.48. The molecule has 4 heteroatoms. The highest BCUT2D eigenvalue weighted by atomic mass is 79.9. The van der Waals surface area contributed by atoms with Crippen LogP contribution in [0.4, 0.5) is 4.39 Å². The van der Waals surface area contributed by atoms with Gasteiger partial charge in [0.05, 0.1) is 6.04 Å². The molecule has 0 heterocycles. The molecule has 1 aromatic rings. The Hall–Kier alpha value is -0.450. The van der Waals surface area contributed by atoms with E-state index in [-0.39, 0.29) is 11.9 Å². The molecule has 1 rings (SSSR count). The van der Waals surface area contributed by atoms with Crippen molar-refractivity contribution in [3.63, 3.8) is 0 Å². The first-order valence-corrected chi connectivity index (χ1v) is 6.79. The fourth-order valence-electron chi connectivity index (χ4n) is 2.13. The van der Waals surface area contributed by atoms with Crippen molar-refractivity contribution in [3.8, 4) is 0 Å². The van der Waals surface area contributed by atoms with E-state index in [0.29, 0.717) is 11.5 Å². The van der Waals surface area contributed by atoms with Crippen molar-refractivity contribution in [3.05, 3.63) is 34.1 Å². The summed E-state index contributed by atoms with van der Waals surface area (Å²) in [5.74, 6) is 5.85. The minimum atomic E-state index is -0.217. The first-order chi connectivity index (χ1) is 8.10. The van der Waals surface area contributed by atoms with Crippen LogP contribution in [0.3, 0.4) is 0 Å². The molecule has 0 aliphatic rings. The molecule has 1 aromatic carbocycles. The summed E-state index contributed by atoms with van der Waals surface area (Å²) in [6, 6.07) is 4.85. The van der Waals surface area contributed by atoms with E-state index in [9.17, 15) is 4.39 Å². The van der Waals surface area contributed by atoms with Gasteiger partial charge >= 0.3 is 0 Å². The second kappa shape index (κ2) is 7.09. The van der Waals surface area contributed by atoms with Crippen LogP contribution in [0.15, 0.2) is 22.7 Å². The van der Waals surface area contributed by atoms with Crippen molar-refractivity contribution in [2.24, 2.45) is 11.8 Å². The van der Waals surface area contributed by atoms with Crippen LogP contribution in [0.2, 0.25) is 0 Å². The average molecular weight is 303 g/mol. The Morgan fingerprint density at radius 3 is 2.71 bits per heavy atom. The van der Waals surface area contributed by atoms with Crippen LogP contribution in [0.25, 0.3) is 0 Å². The molecular formula is C13H20BrFN2. The van der Waals surface area contributed by atoms with Crippen molar-refractivity contribution < 1.29 is 4.39 Å². The molecule has 0 aliphatic heterocycles. The molecule has 0 spiro atoms. The number of benzene rings is 1. The van der Waals surface area contributed by atoms with Gasteiger partial charge in [-0.15, -0.1) is 0 Å². The van der Waals surface area contributed by atoms with Gasteiger partial charge in [0.15, 0.2) is 0 Å². The van der Waals surface area contributed by atoms with E-state index in [1.54, 1.807) is 6.07 Å². The number of rotatable bonds is 6. The van der Waals surface area contributed by atoms with E-state index in [2.05, 4.69) is 35.2 Å². The van der Waals surface area contributed by atoms with Crippen LogP contribution >= 0.6 is 15.9 Å². The zero-order chi connectivity index (χ0) is 12.8. The molecule has 3 N–H and O–H groups in total. The quantitative estimate of drug-likeness (QED) is 0.617. The minimum absolute atomic E-state index is 0.146. The fourth-order valence-corrected chi connectivity index (χ4v) is 2.74. The molecule has 0 saturated heterocycles. The Morgan fingerprint density at radius 1 is 1.47 bits per heavy atom. The molecule has 0 aromatic heterocycles. The van der Waals surface area contributed by atoms with Gasteiger partial charge in [-0.2, -0.15) is 0 Å². The Kier molecular flexibility index (Phi) is 6.09. The molecular weight excluding hydrogens is 283 g/mol. The maximum absolute atomic E-state index is 13.8. The van der Waals surface area contributed by atoms with Crippen LogP contribution < -0.4 is 11.3 Å². The van der Waals surface area contributed by atoms with Crippen molar-refractivity contribution >= 4 is 15.9 Å². The zero-order valence-electron chi connectivity index (χ0n) is 10.3. The molecule has 0 aliphatic carbocycles. The van der Waals surface area contributed by atoms with Gasteiger partial charge in [0, 0.05) is 10.0 Å². The first kappa shape index (κ1) is 14.6. The van der Waals surface area contributed by atoms with Gasteiger partial charge in [-0.25, -0.2) is 4.39 Å². The predicted octanol–water partition coefficient (Wildman–Crippen LogP) is 3.92. The number of nitrogens with two attached hydrogens (primary N) is 1. The zero-order valence-corrected chi connectivity index (χ0v) is 11.9. The van der Waals surface area contributed by atoms with Crippen molar-refractivity contribution in [1.82, 2.24) is 5.43 Å². The minimum Gasteiger partial charge on any atom is -0.271 e. The normalized spacial score (nSPS) is 14.6. The van der Waals surface area contributed by atoms with Crippen LogP contribution in [0.5, 0.6) is 0 Å². The molecule has 0 fully saturated rings. The highest BCUT2D eigenvalue weighted by molar-refractivity contribution is 9.10. The number of halogens is 2. The monoisotopic (exact) mass is 302 g/mol. The lowest BCUT2D eigenvalue weighted by molar-refractivity contribution is 0.384. The van der Waals surface area contributed by atoms with Crippen LogP contribution in [0, 0.1) is 11.7 Å². The Morgan fingerprint density at radius 2 is 2.18 bits per heavy atom. The lowest BCUT2D eigenvalue weighted by Gasteiger charge is -2.22.